The van der Waals surface area contributed by atoms with E-state index in [1.54, 1.807) is 12.1 Å². The molecule has 1 aromatic carbocycles. The van der Waals surface area contributed by atoms with Crippen LogP contribution in [0.2, 0.25) is 0 Å². The van der Waals surface area contributed by atoms with Gasteiger partial charge in [-0.05, 0) is 32.6 Å². The normalized spacial score (nSPS) is 11.5. The summed E-state index contributed by atoms with van der Waals surface area (Å²) < 4.78 is 1.07. The van der Waals surface area contributed by atoms with Gasteiger partial charge in [0, 0.05) is 12.8 Å². The Morgan fingerprint density at radius 3 is 2.65 bits per heavy atom. The number of aromatic hydroxyl groups is 1. The van der Waals surface area contributed by atoms with Gasteiger partial charge in [0.25, 0.3) is 5.56 Å². The van der Waals surface area contributed by atoms with Gasteiger partial charge in [-0.2, -0.15) is 0 Å². The summed E-state index contributed by atoms with van der Waals surface area (Å²) in [4.78, 5) is 32.3. The summed E-state index contributed by atoms with van der Waals surface area (Å²) in [6, 6.07) is 7.10. The first kappa shape index (κ1) is 16.7. The van der Waals surface area contributed by atoms with Gasteiger partial charge < -0.3 is 10.0 Å². The van der Waals surface area contributed by atoms with E-state index < -0.39 is 17.1 Å². The van der Waals surface area contributed by atoms with E-state index in [4.69, 9.17) is 0 Å². The van der Waals surface area contributed by atoms with Gasteiger partial charge in [-0.25, -0.2) is 9.36 Å². The smallest absolute Gasteiger partial charge is 0.335 e. The minimum absolute atomic E-state index is 0.0355. The van der Waals surface area contributed by atoms with Crippen molar-refractivity contribution < 1.29 is 5.11 Å². The Morgan fingerprint density at radius 2 is 2.00 bits per heavy atom. The van der Waals surface area contributed by atoms with Crippen LogP contribution in [0.4, 0.5) is 0 Å². The van der Waals surface area contributed by atoms with Crippen molar-refractivity contribution in [3.63, 3.8) is 0 Å². The molecule has 0 saturated carbocycles. The second kappa shape index (κ2) is 7.06. The van der Waals surface area contributed by atoms with Crippen LogP contribution < -0.4 is 11.2 Å². The molecule has 0 unspecified atom stereocenters. The third-order valence-corrected chi connectivity index (χ3v) is 3.37. The summed E-state index contributed by atoms with van der Waals surface area (Å²) in [6.07, 6.45) is 1.30. The molecule has 0 amide bonds. The molecule has 1 heterocycles. The Bertz CT molecular complexity index is 834. The summed E-state index contributed by atoms with van der Waals surface area (Å²) in [5.74, 6) is -0.415. The minimum atomic E-state index is -0.688. The highest BCUT2D eigenvalue weighted by atomic mass is 16.3. The molecule has 0 radical (unpaired) electrons. The molecule has 0 aliphatic carbocycles. The van der Waals surface area contributed by atoms with Gasteiger partial charge in [0.2, 0.25) is 5.88 Å². The minimum Gasteiger partial charge on any atom is -0.493 e. The summed E-state index contributed by atoms with van der Waals surface area (Å²) in [6.45, 7) is 3.01. The van der Waals surface area contributed by atoms with E-state index in [-0.39, 0.29) is 5.56 Å². The number of para-hydroxylation sites is 1. The largest absolute Gasteiger partial charge is 0.493 e. The van der Waals surface area contributed by atoms with Gasteiger partial charge in [0.1, 0.15) is 5.56 Å². The Labute approximate surface area is 133 Å². The van der Waals surface area contributed by atoms with Crippen LogP contribution in [0, 0.1) is 6.92 Å². The maximum absolute atomic E-state index is 12.1. The number of aryl methyl sites for hydroxylation is 1. The van der Waals surface area contributed by atoms with Crippen molar-refractivity contribution in [2.24, 2.45) is 4.99 Å². The molecule has 2 aromatic rings. The summed E-state index contributed by atoms with van der Waals surface area (Å²) in [5.41, 5.74) is -0.0774. The van der Waals surface area contributed by atoms with Crippen molar-refractivity contribution in [2.45, 2.75) is 6.92 Å². The molecule has 0 atom stereocenters. The summed E-state index contributed by atoms with van der Waals surface area (Å²) in [5, 5.41) is 10.4. The monoisotopic (exact) mass is 316 g/mol. The number of nitrogens with one attached hydrogen (secondary N) is 1. The zero-order valence-corrected chi connectivity index (χ0v) is 13.4. The van der Waals surface area contributed by atoms with Crippen molar-refractivity contribution in [2.75, 3.05) is 27.2 Å². The van der Waals surface area contributed by atoms with Crippen LogP contribution in [-0.2, 0) is 0 Å². The summed E-state index contributed by atoms with van der Waals surface area (Å²) in [7, 11) is 3.83. The lowest BCUT2D eigenvalue weighted by Gasteiger charge is -2.11. The van der Waals surface area contributed by atoms with Gasteiger partial charge >= 0.3 is 5.69 Å². The van der Waals surface area contributed by atoms with Crippen LogP contribution in [0.25, 0.3) is 5.69 Å². The molecule has 0 aliphatic heterocycles. The number of aromatic amines is 1. The second-order valence-corrected chi connectivity index (χ2v) is 5.46. The molecule has 0 aliphatic rings. The van der Waals surface area contributed by atoms with Crippen molar-refractivity contribution in [3.8, 4) is 11.6 Å². The Kier molecular flexibility index (Phi) is 5.13. The quantitative estimate of drug-likeness (QED) is 0.787. The van der Waals surface area contributed by atoms with Gasteiger partial charge in [-0.1, -0.05) is 18.2 Å². The number of hydrogen-bond acceptors (Lipinski definition) is 5. The molecule has 2 N–H and O–H groups in total. The van der Waals surface area contributed by atoms with Crippen LogP contribution >= 0.6 is 0 Å². The van der Waals surface area contributed by atoms with Gasteiger partial charge in [-0.15, -0.1) is 0 Å². The highest BCUT2D eigenvalue weighted by Gasteiger charge is 2.15. The van der Waals surface area contributed by atoms with E-state index >= 15 is 0 Å². The van der Waals surface area contributed by atoms with E-state index in [1.807, 2.05) is 38.1 Å². The Hall–Kier alpha value is -2.67. The molecule has 0 fully saturated rings. The van der Waals surface area contributed by atoms with Crippen LogP contribution in [0.5, 0.6) is 5.88 Å². The predicted octanol–water partition coefficient (Wildman–Crippen LogP) is 0.520. The molecule has 122 valence electrons. The highest BCUT2D eigenvalue weighted by Crippen LogP contribution is 2.18. The third kappa shape index (κ3) is 3.75. The fourth-order valence-electron chi connectivity index (χ4n) is 2.11. The number of likely N-dealkylation sites (N-methyl/N-ethyl adjacent to an activating group) is 1. The van der Waals surface area contributed by atoms with E-state index in [0.29, 0.717) is 18.8 Å². The molecule has 2 rings (SSSR count). The van der Waals surface area contributed by atoms with Crippen LogP contribution in [0.3, 0.4) is 0 Å². The lowest BCUT2D eigenvalue weighted by molar-refractivity contribution is 0.420. The Balaban J connectivity index is 2.50. The first-order valence-corrected chi connectivity index (χ1v) is 7.20. The average molecular weight is 316 g/mol. The van der Waals surface area contributed by atoms with Crippen molar-refractivity contribution in [1.82, 2.24) is 14.5 Å². The van der Waals surface area contributed by atoms with E-state index in [2.05, 4.69) is 9.98 Å². The number of benzene rings is 1. The van der Waals surface area contributed by atoms with Crippen LogP contribution in [-0.4, -0.2) is 53.0 Å². The number of aliphatic imine (C=N–C) groups is 1. The van der Waals surface area contributed by atoms with E-state index in [9.17, 15) is 14.7 Å². The third-order valence-electron chi connectivity index (χ3n) is 3.37. The van der Waals surface area contributed by atoms with Crippen LogP contribution in [0.15, 0.2) is 38.8 Å². The molecular formula is C16H20N4O3. The fraction of sp³-hybridized carbons (Fsp3) is 0.312. The van der Waals surface area contributed by atoms with Gasteiger partial charge in [0.05, 0.1) is 12.2 Å². The predicted molar refractivity (Wildman–Crippen MR) is 90.1 cm³/mol. The number of rotatable bonds is 5. The molecule has 0 bridgehead atoms. The lowest BCUT2D eigenvalue weighted by Crippen LogP contribution is -2.31. The maximum atomic E-state index is 12.1. The standard InChI is InChI=1S/C16H20N4O3/c1-11-6-4-5-7-13(11)20-15(22)12(14(21)18-16(20)23)10-17-8-9-19(2)3/h4-7,10,22H,8-9H2,1-3H3,(H,18,21,23). The maximum Gasteiger partial charge on any atom is 0.335 e. The van der Waals surface area contributed by atoms with E-state index in [0.717, 1.165) is 10.1 Å². The van der Waals surface area contributed by atoms with Crippen molar-refractivity contribution >= 4 is 6.21 Å². The fourth-order valence-corrected chi connectivity index (χ4v) is 2.11. The molecule has 23 heavy (non-hydrogen) atoms. The number of aromatic nitrogens is 2. The topological polar surface area (TPSA) is 90.7 Å². The SMILES string of the molecule is Cc1ccccc1-n1c(O)c(C=NCCN(C)C)c(=O)[nH]c1=O. The molecule has 7 heteroatoms. The van der Waals surface area contributed by atoms with E-state index in [1.165, 1.54) is 6.21 Å². The lowest BCUT2D eigenvalue weighted by atomic mass is 10.2. The van der Waals surface area contributed by atoms with Crippen molar-refractivity contribution in [3.05, 3.63) is 56.2 Å². The Morgan fingerprint density at radius 1 is 1.30 bits per heavy atom. The number of hydrogen-bond donors (Lipinski definition) is 2. The zero-order valence-electron chi connectivity index (χ0n) is 13.4. The van der Waals surface area contributed by atoms with Crippen molar-refractivity contribution in [1.29, 1.82) is 0 Å². The average Bonchev–Trinajstić information content (AvgIpc) is 2.47. The molecule has 1 aromatic heterocycles. The molecular weight excluding hydrogens is 296 g/mol. The number of H-pyrrole nitrogens is 1. The molecule has 0 spiro atoms. The number of nitrogens with zero attached hydrogens (tertiary/aromatic N) is 3. The van der Waals surface area contributed by atoms with Gasteiger partial charge in [0.15, 0.2) is 0 Å². The zero-order chi connectivity index (χ0) is 17.0. The van der Waals surface area contributed by atoms with Crippen LogP contribution in [0.1, 0.15) is 11.1 Å². The molecule has 0 saturated heterocycles. The first-order valence-electron chi connectivity index (χ1n) is 7.20. The van der Waals surface area contributed by atoms with Gasteiger partial charge in [-0.3, -0.25) is 14.8 Å². The first-order chi connectivity index (χ1) is 10.9. The highest BCUT2D eigenvalue weighted by molar-refractivity contribution is 5.82. The summed E-state index contributed by atoms with van der Waals surface area (Å²) >= 11 is 0. The second-order valence-electron chi connectivity index (χ2n) is 5.46. The molecule has 7 nitrogen and oxygen atoms in total.